The highest BCUT2D eigenvalue weighted by atomic mass is 15.2. The Hall–Kier alpha value is -3.94. The topological polar surface area (TPSA) is 107 Å². The van der Waals surface area contributed by atoms with E-state index in [1.54, 1.807) is 24.8 Å². The number of nitrogens with one attached hydrogen (secondary N) is 2. The lowest BCUT2D eigenvalue weighted by atomic mass is 9.76. The number of aromatic nitrogens is 4. The van der Waals surface area contributed by atoms with Crippen molar-refractivity contribution in [1.82, 2.24) is 19.9 Å². The van der Waals surface area contributed by atoms with E-state index >= 15 is 0 Å². The van der Waals surface area contributed by atoms with E-state index in [1.165, 1.54) is 0 Å². The van der Waals surface area contributed by atoms with Crippen LogP contribution in [-0.4, -0.2) is 19.9 Å². The van der Waals surface area contributed by atoms with Crippen molar-refractivity contribution in [3.05, 3.63) is 84.7 Å². The highest BCUT2D eigenvalue weighted by Gasteiger charge is 2.33. The Bertz CT molecular complexity index is 1060. The van der Waals surface area contributed by atoms with Crippen molar-refractivity contribution in [2.75, 3.05) is 0 Å². The maximum absolute atomic E-state index is 4.32. The van der Waals surface area contributed by atoms with Crippen molar-refractivity contribution < 1.29 is 0 Å². The van der Waals surface area contributed by atoms with Gasteiger partial charge in [-0.25, -0.2) is 0 Å². The van der Waals surface area contributed by atoms with Gasteiger partial charge in [-0.05, 0) is 61.4 Å². The number of hydrogen-bond acceptors (Lipinski definition) is 6. The predicted octanol–water partition coefficient (Wildman–Crippen LogP) is 7.07. The van der Waals surface area contributed by atoms with E-state index in [0.717, 1.165) is 24.2 Å². The fraction of sp³-hybridized carbons (Fsp3) is 0.217. The van der Waals surface area contributed by atoms with Gasteiger partial charge in [0.25, 0.3) is 0 Å². The van der Waals surface area contributed by atoms with Crippen LogP contribution in [0.1, 0.15) is 38.1 Å². The molecule has 4 aromatic rings. The van der Waals surface area contributed by atoms with Crippen LogP contribution in [0, 0.1) is 0 Å². The van der Waals surface area contributed by atoms with Crippen molar-refractivity contribution >= 4 is 23.0 Å². The van der Waals surface area contributed by atoms with Crippen LogP contribution in [0.15, 0.2) is 93.8 Å². The van der Waals surface area contributed by atoms with Gasteiger partial charge >= 0.3 is 0 Å². The second-order valence-corrected chi connectivity index (χ2v) is 7.13. The molecule has 0 spiro atoms. The summed E-state index contributed by atoms with van der Waals surface area (Å²) in [6.07, 6.45) is 8.59. The maximum Gasteiger partial charge on any atom is 0.152 e. The highest BCUT2D eigenvalue weighted by molar-refractivity contribution is 5.43. The van der Waals surface area contributed by atoms with Gasteiger partial charge in [-0.15, -0.1) is 20.5 Å². The first-order valence-corrected chi connectivity index (χ1v) is 10.3. The van der Waals surface area contributed by atoms with Gasteiger partial charge in [0.15, 0.2) is 11.6 Å². The maximum atomic E-state index is 4.32. The van der Waals surface area contributed by atoms with Gasteiger partial charge < -0.3 is 9.97 Å². The van der Waals surface area contributed by atoms with Crippen LogP contribution in [-0.2, 0) is 5.41 Å². The fourth-order valence-corrected chi connectivity index (χ4v) is 3.65. The Morgan fingerprint density at radius 1 is 0.677 bits per heavy atom. The fourth-order valence-electron chi connectivity index (χ4n) is 3.65. The zero-order chi connectivity index (χ0) is 21.5. The summed E-state index contributed by atoms with van der Waals surface area (Å²) in [5, 5.41) is 17.1. The molecule has 0 saturated heterocycles. The molecule has 0 atom stereocenters. The van der Waals surface area contributed by atoms with E-state index < -0.39 is 0 Å². The number of rotatable bonds is 8. The van der Waals surface area contributed by atoms with Crippen LogP contribution in [0.3, 0.4) is 0 Å². The lowest BCUT2D eigenvalue weighted by Crippen LogP contribution is -2.26. The molecule has 0 aromatic carbocycles. The molecular weight excluding hydrogens is 388 g/mol. The second kappa shape index (κ2) is 9.25. The summed E-state index contributed by atoms with van der Waals surface area (Å²) in [5.41, 5.74) is 3.36. The number of nitrogens with zero attached hydrogens (tertiary/aromatic N) is 6. The molecule has 0 fully saturated rings. The third kappa shape index (κ3) is 4.48. The Morgan fingerprint density at radius 2 is 1.16 bits per heavy atom. The number of pyridine rings is 2. The normalized spacial score (nSPS) is 12.2. The van der Waals surface area contributed by atoms with Gasteiger partial charge in [0.2, 0.25) is 0 Å². The second-order valence-electron chi connectivity index (χ2n) is 7.13. The van der Waals surface area contributed by atoms with E-state index in [2.05, 4.69) is 66.4 Å². The van der Waals surface area contributed by atoms with Crippen LogP contribution >= 0.6 is 0 Å². The standard InChI is InChI=1S/C23H24N8/c1-3-23(4-2,19-9-11-21(26-19)30-28-17-7-5-13-24-15-17)20-10-12-22(27-20)31-29-18-8-6-14-25-16-18/h5-16,26-27H,3-4H2,1-2H3. The van der Waals surface area contributed by atoms with E-state index in [0.29, 0.717) is 23.0 Å². The first-order valence-electron chi connectivity index (χ1n) is 10.3. The third-order valence-electron chi connectivity index (χ3n) is 5.42. The lowest BCUT2D eigenvalue weighted by Gasteiger charge is -2.30. The molecule has 0 aliphatic heterocycles. The lowest BCUT2D eigenvalue weighted by molar-refractivity contribution is 0.456. The summed E-state index contributed by atoms with van der Waals surface area (Å²) in [7, 11) is 0. The first kappa shape index (κ1) is 20.3. The van der Waals surface area contributed by atoms with Crippen LogP contribution < -0.4 is 0 Å². The molecule has 0 saturated carbocycles. The van der Waals surface area contributed by atoms with Gasteiger partial charge in [0, 0.05) is 29.2 Å². The van der Waals surface area contributed by atoms with Crippen molar-refractivity contribution in [2.24, 2.45) is 20.5 Å². The summed E-state index contributed by atoms with van der Waals surface area (Å²) < 4.78 is 0. The minimum Gasteiger partial charge on any atom is -0.341 e. The summed E-state index contributed by atoms with van der Waals surface area (Å²) >= 11 is 0. The molecule has 8 heteroatoms. The largest absolute Gasteiger partial charge is 0.341 e. The van der Waals surface area contributed by atoms with Crippen LogP contribution in [0.4, 0.5) is 23.0 Å². The summed E-state index contributed by atoms with van der Waals surface area (Å²) in [4.78, 5) is 15.0. The zero-order valence-corrected chi connectivity index (χ0v) is 17.5. The Labute approximate surface area is 180 Å². The van der Waals surface area contributed by atoms with Crippen molar-refractivity contribution in [3.8, 4) is 0 Å². The molecule has 0 aliphatic carbocycles. The SMILES string of the molecule is CCC(CC)(c1ccc(N=Nc2cccnc2)[nH]1)c1ccc(N=Nc2cccnc2)[nH]1. The minimum atomic E-state index is -0.218. The molecule has 156 valence electrons. The molecule has 0 radical (unpaired) electrons. The predicted molar refractivity (Wildman–Crippen MR) is 120 cm³/mol. The minimum absolute atomic E-state index is 0.218. The smallest absolute Gasteiger partial charge is 0.152 e. The summed E-state index contributed by atoms with van der Waals surface area (Å²) in [5.74, 6) is 1.40. The third-order valence-corrected chi connectivity index (χ3v) is 5.42. The molecule has 4 rings (SSSR count). The molecule has 4 aromatic heterocycles. The van der Waals surface area contributed by atoms with Crippen LogP contribution in [0.25, 0.3) is 0 Å². The monoisotopic (exact) mass is 412 g/mol. The van der Waals surface area contributed by atoms with Crippen molar-refractivity contribution in [3.63, 3.8) is 0 Å². The molecule has 0 bridgehead atoms. The Morgan fingerprint density at radius 3 is 1.55 bits per heavy atom. The molecule has 0 unspecified atom stereocenters. The van der Waals surface area contributed by atoms with Crippen molar-refractivity contribution in [1.29, 1.82) is 0 Å². The molecular formula is C23H24N8. The van der Waals surface area contributed by atoms with E-state index in [4.69, 9.17) is 0 Å². The van der Waals surface area contributed by atoms with Crippen LogP contribution in [0.2, 0.25) is 0 Å². The Kier molecular flexibility index (Phi) is 6.07. The molecule has 31 heavy (non-hydrogen) atoms. The highest BCUT2D eigenvalue weighted by Crippen LogP contribution is 2.39. The van der Waals surface area contributed by atoms with Gasteiger partial charge in [-0.3, -0.25) is 9.97 Å². The molecule has 2 N–H and O–H groups in total. The number of azo groups is 2. The Balaban J connectivity index is 1.58. The average Bonchev–Trinajstić information content (AvgIpc) is 3.50. The van der Waals surface area contributed by atoms with Crippen molar-refractivity contribution in [2.45, 2.75) is 32.1 Å². The van der Waals surface area contributed by atoms with E-state index in [1.807, 2.05) is 36.4 Å². The molecule has 0 aliphatic rings. The van der Waals surface area contributed by atoms with Gasteiger partial charge in [-0.1, -0.05) is 13.8 Å². The average molecular weight is 413 g/mol. The number of H-pyrrole nitrogens is 2. The molecule has 8 nitrogen and oxygen atoms in total. The van der Waals surface area contributed by atoms with Crippen LogP contribution in [0.5, 0.6) is 0 Å². The van der Waals surface area contributed by atoms with Gasteiger partial charge in [-0.2, -0.15) is 0 Å². The summed E-state index contributed by atoms with van der Waals surface area (Å²) in [6, 6.07) is 15.4. The summed E-state index contributed by atoms with van der Waals surface area (Å²) in [6.45, 7) is 4.36. The quantitative estimate of drug-likeness (QED) is 0.302. The van der Waals surface area contributed by atoms with E-state index in [-0.39, 0.29) is 5.41 Å². The first-order chi connectivity index (χ1) is 15.2. The molecule has 0 amide bonds. The molecule has 4 heterocycles. The number of hydrogen-bond donors (Lipinski definition) is 2. The van der Waals surface area contributed by atoms with E-state index in [9.17, 15) is 0 Å². The zero-order valence-electron chi connectivity index (χ0n) is 17.5. The number of aromatic amines is 2. The van der Waals surface area contributed by atoms with Gasteiger partial charge in [0.05, 0.1) is 12.4 Å². The van der Waals surface area contributed by atoms with Gasteiger partial charge in [0.1, 0.15) is 11.4 Å².